The number of aryl methyl sites for hydroxylation is 1. The molecule has 2 rings (SSSR count). The summed E-state index contributed by atoms with van der Waals surface area (Å²) in [6.07, 6.45) is 2.42. The summed E-state index contributed by atoms with van der Waals surface area (Å²) in [5, 5.41) is 7.08. The van der Waals surface area contributed by atoms with E-state index in [1.807, 2.05) is 13.1 Å². The molecule has 0 saturated carbocycles. The lowest BCUT2D eigenvalue weighted by Crippen LogP contribution is -2.26. The Labute approximate surface area is 121 Å². The van der Waals surface area contributed by atoms with Crippen molar-refractivity contribution in [3.8, 4) is 0 Å². The minimum atomic E-state index is -0.229. The zero-order valence-corrected chi connectivity index (χ0v) is 11.7. The first kappa shape index (κ1) is 14.3. The number of pyridine rings is 1. The second-order valence-corrected chi connectivity index (χ2v) is 4.55. The lowest BCUT2D eigenvalue weighted by molar-refractivity contribution is 0.0954. The first-order valence-corrected chi connectivity index (χ1v) is 6.37. The van der Waals surface area contributed by atoms with Crippen LogP contribution in [0.25, 0.3) is 0 Å². The second-order valence-electron chi connectivity index (χ2n) is 4.16. The topological polar surface area (TPSA) is 97.9 Å². The second kappa shape index (κ2) is 6.36. The molecule has 2 aromatic heterocycles. The number of aromatic nitrogens is 3. The van der Waals surface area contributed by atoms with Crippen molar-refractivity contribution in [1.29, 1.82) is 0 Å². The van der Waals surface area contributed by atoms with E-state index in [1.165, 1.54) is 12.1 Å². The van der Waals surface area contributed by atoms with Crippen LogP contribution in [0.5, 0.6) is 0 Å². The number of nitrogen functional groups attached to an aromatic ring is 1. The van der Waals surface area contributed by atoms with Gasteiger partial charge >= 0.3 is 0 Å². The third-order valence-electron chi connectivity index (χ3n) is 2.79. The Balaban J connectivity index is 1.95. The number of nitrogens with zero attached hydrogens (tertiary/aromatic N) is 3. The molecule has 2 aromatic rings. The van der Waals surface area contributed by atoms with Crippen molar-refractivity contribution in [2.75, 3.05) is 12.0 Å². The summed E-state index contributed by atoms with van der Waals surface area (Å²) in [6, 6.07) is 4.93. The fourth-order valence-corrected chi connectivity index (χ4v) is 1.96. The van der Waals surface area contributed by atoms with E-state index in [0.717, 1.165) is 5.69 Å². The van der Waals surface area contributed by atoms with E-state index >= 15 is 0 Å². The summed E-state index contributed by atoms with van der Waals surface area (Å²) in [5.74, 6) is 5.37. The van der Waals surface area contributed by atoms with Crippen molar-refractivity contribution in [1.82, 2.24) is 20.1 Å². The number of nitrogens with one attached hydrogen (secondary N) is 2. The number of carbonyl (C=O) groups excluding carboxylic acids is 1. The zero-order valence-electron chi connectivity index (χ0n) is 10.9. The van der Waals surface area contributed by atoms with Gasteiger partial charge in [-0.25, -0.2) is 10.8 Å². The molecule has 0 aromatic carbocycles. The van der Waals surface area contributed by atoms with E-state index in [2.05, 4.69) is 20.8 Å². The Bertz CT molecular complexity index is 612. The molecule has 0 radical (unpaired) electrons. The van der Waals surface area contributed by atoms with Crippen LogP contribution in [0.4, 0.5) is 5.82 Å². The highest BCUT2D eigenvalue weighted by Gasteiger charge is 2.09. The molecular formula is C12H15ClN6O. The summed E-state index contributed by atoms with van der Waals surface area (Å²) in [7, 11) is 1.86. The maximum absolute atomic E-state index is 12.0. The normalized spacial score (nSPS) is 10.3. The molecule has 0 fully saturated rings. The minimum Gasteiger partial charge on any atom is -0.352 e. The highest BCUT2D eigenvalue weighted by atomic mass is 35.5. The van der Waals surface area contributed by atoms with E-state index in [1.54, 1.807) is 10.9 Å². The monoisotopic (exact) mass is 294 g/mol. The molecule has 0 aliphatic heterocycles. The van der Waals surface area contributed by atoms with Crippen LogP contribution in [0.1, 0.15) is 16.1 Å². The molecule has 1 amide bonds. The average molecular weight is 295 g/mol. The van der Waals surface area contributed by atoms with Crippen LogP contribution in [-0.4, -0.2) is 27.2 Å². The molecule has 20 heavy (non-hydrogen) atoms. The summed E-state index contributed by atoms with van der Waals surface area (Å²) in [6.45, 7) is 0.504. The van der Waals surface area contributed by atoms with Crippen molar-refractivity contribution in [2.45, 2.75) is 6.42 Å². The molecular weight excluding hydrogens is 280 g/mol. The molecule has 106 valence electrons. The molecule has 8 heteroatoms. The Kier molecular flexibility index (Phi) is 4.54. The van der Waals surface area contributed by atoms with Crippen LogP contribution in [0.15, 0.2) is 24.4 Å². The Morgan fingerprint density at radius 2 is 2.30 bits per heavy atom. The van der Waals surface area contributed by atoms with Gasteiger partial charge in [-0.2, -0.15) is 5.10 Å². The number of hydrogen-bond donors (Lipinski definition) is 3. The highest BCUT2D eigenvalue weighted by Crippen LogP contribution is 2.13. The van der Waals surface area contributed by atoms with Gasteiger partial charge in [0.25, 0.3) is 5.91 Å². The molecule has 2 heterocycles. The molecule has 0 aliphatic rings. The minimum absolute atomic E-state index is 0.206. The molecule has 4 N–H and O–H groups in total. The van der Waals surface area contributed by atoms with E-state index in [9.17, 15) is 4.79 Å². The maximum Gasteiger partial charge on any atom is 0.251 e. The smallest absolute Gasteiger partial charge is 0.251 e. The van der Waals surface area contributed by atoms with Gasteiger partial charge in [0.15, 0.2) is 0 Å². The van der Waals surface area contributed by atoms with Gasteiger partial charge < -0.3 is 10.7 Å². The van der Waals surface area contributed by atoms with Crippen LogP contribution in [-0.2, 0) is 13.5 Å². The molecule has 0 atom stereocenters. The van der Waals surface area contributed by atoms with Gasteiger partial charge in [-0.15, -0.1) is 0 Å². The number of amides is 1. The molecule has 7 nitrogen and oxygen atoms in total. The maximum atomic E-state index is 12.0. The number of rotatable bonds is 5. The van der Waals surface area contributed by atoms with E-state index in [4.69, 9.17) is 17.4 Å². The van der Waals surface area contributed by atoms with E-state index in [0.29, 0.717) is 24.3 Å². The first-order chi connectivity index (χ1) is 9.60. The van der Waals surface area contributed by atoms with Crippen molar-refractivity contribution in [2.24, 2.45) is 12.9 Å². The van der Waals surface area contributed by atoms with Crippen LogP contribution in [0, 0.1) is 0 Å². The van der Waals surface area contributed by atoms with Gasteiger partial charge in [0.05, 0.1) is 0 Å². The number of anilines is 1. The van der Waals surface area contributed by atoms with Gasteiger partial charge in [-0.05, 0) is 18.2 Å². The summed E-state index contributed by atoms with van der Waals surface area (Å²) < 4.78 is 1.77. The van der Waals surface area contributed by atoms with Crippen molar-refractivity contribution >= 4 is 23.3 Å². The zero-order chi connectivity index (χ0) is 14.5. The van der Waals surface area contributed by atoms with Crippen molar-refractivity contribution < 1.29 is 4.79 Å². The van der Waals surface area contributed by atoms with Crippen LogP contribution >= 0.6 is 11.6 Å². The molecule has 0 unspecified atom stereocenters. The molecule has 0 bridgehead atoms. The Hall–Kier alpha value is -2.12. The highest BCUT2D eigenvalue weighted by molar-refractivity contribution is 6.29. The van der Waals surface area contributed by atoms with E-state index < -0.39 is 0 Å². The lowest BCUT2D eigenvalue weighted by atomic mass is 10.2. The standard InChI is InChI=1S/C12H15ClN6O/c1-19-9(3-5-16-19)2-4-15-12(20)8-6-10(13)17-11(7-8)18-14/h3,5-7H,2,4,14H2,1H3,(H,15,20)(H,17,18). The van der Waals surface area contributed by atoms with Crippen molar-refractivity contribution in [3.05, 3.63) is 40.8 Å². The lowest BCUT2D eigenvalue weighted by Gasteiger charge is -2.07. The Morgan fingerprint density at radius 1 is 1.50 bits per heavy atom. The van der Waals surface area contributed by atoms with Crippen LogP contribution in [0.2, 0.25) is 5.15 Å². The SMILES string of the molecule is Cn1nccc1CCNC(=O)c1cc(Cl)nc(NN)c1. The summed E-state index contributed by atoms with van der Waals surface area (Å²) in [4.78, 5) is 15.9. The number of hydrogen-bond acceptors (Lipinski definition) is 5. The fraction of sp³-hybridized carbons (Fsp3) is 0.250. The van der Waals surface area contributed by atoms with Gasteiger partial charge in [0, 0.05) is 37.5 Å². The number of carbonyl (C=O) groups is 1. The third-order valence-corrected chi connectivity index (χ3v) is 2.99. The van der Waals surface area contributed by atoms with Gasteiger partial charge in [0.1, 0.15) is 11.0 Å². The predicted octanol–water partition coefficient (Wildman–Crippen LogP) is 0.727. The summed E-state index contributed by atoms with van der Waals surface area (Å²) in [5.41, 5.74) is 3.81. The predicted molar refractivity (Wildman–Crippen MR) is 76.3 cm³/mol. The fourth-order valence-electron chi connectivity index (χ4n) is 1.75. The average Bonchev–Trinajstić information content (AvgIpc) is 2.83. The van der Waals surface area contributed by atoms with Crippen molar-refractivity contribution in [3.63, 3.8) is 0 Å². The van der Waals surface area contributed by atoms with Gasteiger partial charge in [-0.3, -0.25) is 9.48 Å². The molecule has 0 saturated heterocycles. The third kappa shape index (κ3) is 3.46. The molecule has 0 aliphatic carbocycles. The summed E-state index contributed by atoms with van der Waals surface area (Å²) >= 11 is 5.81. The number of nitrogens with two attached hydrogens (primary N) is 1. The van der Waals surface area contributed by atoms with Gasteiger partial charge in [0.2, 0.25) is 0 Å². The number of hydrazine groups is 1. The quantitative estimate of drug-likeness (QED) is 0.429. The van der Waals surface area contributed by atoms with Crippen LogP contribution < -0.4 is 16.6 Å². The van der Waals surface area contributed by atoms with E-state index in [-0.39, 0.29) is 11.1 Å². The largest absolute Gasteiger partial charge is 0.352 e. The Morgan fingerprint density at radius 3 is 2.95 bits per heavy atom. The molecule has 0 spiro atoms. The number of halogens is 1. The first-order valence-electron chi connectivity index (χ1n) is 5.99. The van der Waals surface area contributed by atoms with Gasteiger partial charge in [-0.1, -0.05) is 11.6 Å². The van der Waals surface area contributed by atoms with Crippen LogP contribution in [0.3, 0.4) is 0 Å².